The second-order valence-electron chi connectivity index (χ2n) is 2.70. The number of nitrogens with zero attached hydrogens (tertiary/aromatic N) is 2. The van der Waals surface area contributed by atoms with E-state index in [-0.39, 0.29) is 11.9 Å². The Bertz CT molecular complexity index is 334. The molecule has 0 unspecified atom stereocenters. The number of aliphatic imine (C=N–C) groups is 1. The van der Waals surface area contributed by atoms with Crippen LogP contribution < -0.4 is 11.1 Å². The van der Waals surface area contributed by atoms with Gasteiger partial charge in [-0.25, -0.2) is 4.99 Å². The van der Waals surface area contributed by atoms with Crippen LogP contribution in [0.2, 0.25) is 0 Å². The van der Waals surface area contributed by atoms with Crippen LogP contribution in [0.1, 0.15) is 12.6 Å². The summed E-state index contributed by atoms with van der Waals surface area (Å²) in [5, 5.41) is 2.37. The first-order valence-electron chi connectivity index (χ1n) is 4.16. The Labute approximate surface area is 82.1 Å². The van der Waals surface area contributed by atoms with E-state index in [2.05, 4.69) is 15.3 Å². The molecule has 1 amide bonds. The van der Waals surface area contributed by atoms with Gasteiger partial charge < -0.3 is 5.73 Å². The van der Waals surface area contributed by atoms with Crippen molar-refractivity contribution < 1.29 is 4.79 Å². The quantitative estimate of drug-likeness (QED) is 0.512. The number of carbonyl (C=O) groups excluding carboxylic acids is 1. The van der Waals surface area contributed by atoms with Crippen molar-refractivity contribution in [3.8, 4) is 0 Å². The Balaban J connectivity index is 2.51. The van der Waals surface area contributed by atoms with Crippen LogP contribution in [-0.4, -0.2) is 16.9 Å². The molecular formula is C9H12N4O. The number of aromatic nitrogens is 1. The predicted molar refractivity (Wildman–Crippen MR) is 53.4 cm³/mol. The van der Waals surface area contributed by atoms with E-state index in [4.69, 9.17) is 5.73 Å². The van der Waals surface area contributed by atoms with Crippen LogP contribution in [0.5, 0.6) is 0 Å². The lowest BCUT2D eigenvalue weighted by molar-refractivity contribution is -0.117. The molecule has 0 radical (unpaired) electrons. The number of guanidine groups is 1. The van der Waals surface area contributed by atoms with Crippen LogP contribution in [0.25, 0.3) is 0 Å². The summed E-state index contributed by atoms with van der Waals surface area (Å²) in [5.41, 5.74) is 6.22. The zero-order valence-corrected chi connectivity index (χ0v) is 7.90. The summed E-state index contributed by atoms with van der Waals surface area (Å²) in [5.74, 6) is -0.115. The number of rotatable bonds is 2. The van der Waals surface area contributed by atoms with Crippen molar-refractivity contribution in [2.24, 2.45) is 10.7 Å². The zero-order chi connectivity index (χ0) is 10.4. The molecule has 0 spiro atoms. The fraction of sp³-hybridized carbons (Fsp3) is 0.222. The Morgan fingerprint density at radius 1 is 1.64 bits per heavy atom. The van der Waals surface area contributed by atoms with Gasteiger partial charge in [0.1, 0.15) is 0 Å². The average molecular weight is 192 g/mol. The molecule has 0 saturated carbocycles. The third-order valence-corrected chi connectivity index (χ3v) is 1.44. The van der Waals surface area contributed by atoms with E-state index in [1.165, 1.54) is 6.92 Å². The minimum Gasteiger partial charge on any atom is -0.370 e. The highest BCUT2D eigenvalue weighted by atomic mass is 16.1. The van der Waals surface area contributed by atoms with Gasteiger partial charge in [-0.15, -0.1) is 0 Å². The topological polar surface area (TPSA) is 80.4 Å². The fourth-order valence-corrected chi connectivity index (χ4v) is 0.878. The van der Waals surface area contributed by atoms with E-state index in [0.717, 1.165) is 5.69 Å². The second kappa shape index (κ2) is 4.96. The molecule has 5 nitrogen and oxygen atoms in total. The van der Waals surface area contributed by atoms with Crippen molar-refractivity contribution in [1.82, 2.24) is 10.3 Å². The lowest BCUT2D eigenvalue weighted by Gasteiger charge is -2.00. The van der Waals surface area contributed by atoms with Gasteiger partial charge in [-0.3, -0.25) is 15.1 Å². The highest BCUT2D eigenvalue weighted by molar-refractivity contribution is 5.94. The summed E-state index contributed by atoms with van der Waals surface area (Å²) in [4.78, 5) is 18.6. The molecule has 0 atom stereocenters. The molecule has 0 aliphatic carbocycles. The Morgan fingerprint density at radius 3 is 3.00 bits per heavy atom. The van der Waals surface area contributed by atoms with Crippen LogP contribution in [0.15, 0.2) is 29.4 Å². The van der Waals surface area contributed by atoms with Gasteiger partial charge in [-0.1, -0.05) is 6.07 Å². The van der Waals surface area contributed by atoms with Crippen molar-refractivity contribution in [1.29, 1.82) is 0 Å². The van der Waals surface area contributed by atoms with E-state index in [0.29, 0.717) is 6.54 Å². The third-order valence-electron chi connectivity index (χ3n) is 1.44. The molecule has 0 bridgehead atoms. The summed E-state index contributed by atoms with van der Waals surface area (Å²) >= 11 is 0. The van der Waals surface area contributed by atoms with Gasteiger partial charge in [0.15, 0.2) is 5.96 Å². The lowest BCUT2D eigenvalue weighted by Crippen LogP contribution is -2.35. The molecule has 14 heavy (non-hydrogen) atoms. The van der Waals surface area contributed by atoms with Crippen molar-refractivity contribution in [3.63, 3.8) is 0 Å². The zero-order valence-electron chi connectivity index (χ0n) is 7.90. The molecule has 5 heteroatoms. The third kappa shape index (κ3) is 3.66. The Hall–Kier alpha value is -1.91. The second-order valence-corrected chi connectivity index (χ2v) is 2.70. The largest absolute Gasteiger partial charge is 0.370 e. The Kier molecular flexibility index (Phi) is 3.60. The molecule has 0 aliphatic heterocycles. The van der Waals surface area contributed by atoms with Crippen molar-refractivity contribution in [2.75, 3.05) is 0 Å². The maximum atomic E-state index is 10.6. The minimum absolute atomic E-state index is 0.114. The van der Waals surface area contributed by atoms with Gasteiger partial charge >= 0.3 is 0 Å². The van der Waals surface area contributed by atoms with Crippen LogP contribution in [0.3, 0.4) is 0 Å². The fourth-order valence-electron chi connectivity index (χ4n) is 0.878. The van der Waals surface area contributed by atoms with Crippen LogP contribution in [0.4, 0.5) is 0 Å². The highest BCUT2D eigenvalue weighted by Crippen LogP contribution is 1.94. The number of nitrogens with one attached hydrogen (secondary N) is 1. The van der Waals surface area contributed by atoms with Crippen LogP contribution in [-0.2, 0) is 11.3 Å². The summed E-state index contributed by atoms with van der Waals surface area (Å²) in [7, 11) is 0. The van der Waals surface area contributed by atoms with Gasteiger partial charge in [0.05, 0.1) is 12.2 Å². The summed E-state index contributed by atoms with van der Waals surface area (Å²) in [6.45, 7) is 1.75. The summed E-state index contributed by atoms with van der Waals surface area (Å²) in [6.07, 6.45) is 1.68. The smallest absolute Gasteiger partial charge is 0.223 e. The van der Waals surface area contributed by atoms with Crippen molar-refractivity contribution in [3.05, 3.63) is 30.1 Å². The number of hydrogen-bond donors (Lipinski definition) is 2. The van der Waals surface area contributed by atoms with Gasteiger partial charge in [0.2, 0.25) is 5.91 Å². The monoisotopic (exact) mass is 192 g/mol. The van der Waals surface area contributed by atoms with Crippen LogP contribution >= 0.6 is 0 Å². The molecule has 0 saturated heterocycles. The van der Waals surface area contributed by atoms with E-state index in [9.17, 15) is 4.79 Å². The molecule has 0 aliphatic rings. The lowest BCUT2D eigenvalue weighted by atomic mass is 10.3. The van der Waals surface area contributed by atoms with E-state index in [1.54, 1.807) is 6.20 Å². The SMILES string of the molecule is CC(=O)NC(N)=NCc1ccccn1. The van der Waals surface area contributed by atoms with Gasteiger partial charge in [-0.2, -0.15) is 0 Å². The molecule has 74 valence electrons. The molecule has 0 aromatic carbocycles. The molecule has 1 heterocycles. The molecule has 0 fully saturated rings. The van der Waals surface area contributed by atoms with Gasteiger partial charge in [-0.05, 0) is 12.1 Å². The van der Waals surface area contributed by atoms with Crippen LogP contribution in [0, 0.1) is 0 Å². The number of pyridine rings is 1. The molecular weight excluding hydrogens is 180 g/mol. The maximum absolute atomic E-state index is 10.6. The van der Waals surface area contributed by atoms with E-state index in [1.807, 2.05) is 18.2 Å². The first kappa shape index (κ1) is 10.2. The first-order valence-corrected chi connectivity index (χ1v) is 4.16. The van der Waals surface area contributed by atoms with Crippen molar-refractivity contribution >= 4 is 11.9 Å². The van der Waals surface area contributed by atoms with E-state index >= 15 is 0 Å². The molecule has 3 N–H and O–H groups in total. The average Bonchev–Trinajstić information content (AvgIpc) is 2.15. The Morgan fingerprint density at radius 2 is 2.43 bits per heavy atom. The number of carbonyl (C=O) groups is 1. The number of hydrogen-bond acceptors (Lipinski definition) is 3. The van der Waals surface area contributed by atoms with E-state index < -0.39 is 0 Å². The minimum atomic E-state index is -0.229. The molecule has 1 rings (SSSR count). The predicted octanol–water partition coefficient (Wildman–Crippen LogP) is 0.0324. The normalized spacial score (nSPS) is 11.1. The highest BCUT2D eigenvalue weighted by Gasteiger charge is 1.95. The standard InChI is InChI=1S/C9H12N4O/c1-7(14)13-9(10)12-6-8-4-2-3-5-11-8/h2-5H,6H2,1H3,(H3,10,12,13,14). The van der Waals surface area contributed by atoms with Crippen molar-refractivity contribution in [2.45, 2.75) is 13.5 Å². The van der Waals surface area contributed by atoms with Gasteiger partial charge in [0, 0.05) is 13.1 Å². The summed E-state index contributed by atoms with van der Waals surface area (Å²) in [6, 6.07) is 5.53. The molecule has 1 aromatic heterocycles. The number of amides is 1. The first-order chi connectivity index (χ1) is 6.68. The summed E-state index contributed by atoms with van der Waals surface area (Å²) < 4.78 is 0. The van der Waals surface area contributed by atoms with Gasteiger partial charge in [0.25, 0.3) is 0 Å². The number of nitrogens with two attached hydrogens (primary N) is 1. The maximum Gasteiger partial charge on any atom is 0.223 e. The molecule has 1 aromatic rings.